The molecular formula is C47H45NO3S5. The number of rotatable bonds is 20. The highest BCUT2D eigenvalue weighted by molar-refractivity contribution is 7.30. The third-order valence-electron chi connectivity index (χ3n) is 8.86. The van der Waals surface area contributed by atoms with E-state index in [0.29, 0.717) is 33.0 Å². The predicted molar refractivity (Wildman–Crippen MR) is 247 cm³/mol. The second kappa shape index (κ2) is 20.3. The van der Waals surface area contributed by atoms with Crippen LogP contribution in [0.25, 0.3) is 49.5 Å². The van der Waals surface area contributed by atoms with Crippen molar-refractivity contribution in [1.82, 2.24) is 0 Å². The van der Waals surface area contributed by atoms with Crippen LogP contribution in [0.5, 0.6) is 0 Å². The summed E-state index contributed by atoms with van der Waals surface area (Å²) in [5, 5.41) is 0. The van der Waals surface area contributed by atoms with Crippen LogP contribution < -0.4 is 4.90 Å². The molecule has 286 valence electrons. The van der Waals surface area contributed by atoms with Crippen LogP contribution in [0.1, 0.15) is 18.7 Å². The minimum atomic E-state index is 0.605. The number of anilines is 2. The van der Waals surface area contributed by atoms with E-state index in [1.165, 1.54) is 54.3 Å². The molecule has 0 spiro atoms. The molecule has 0 N–H and O–H groups in total. The molecule has 9 heteroatoms. The molecule has 0 saturated carbocycles. The first-order valence-electron chi connectivity index (χ1n) is 18.7. The Morgan fingerprint density at radius 3 is 1.54 bits per heavy atom. The highest BCUT2D eigenvalue weighted by Gasteiger charge is 2.15. The van der Waals surface area contributed by atoms with Gasteiger partial charge in [0.15, 0.2) is 0 Å². The van der Waals surface area contributed by atoms with Crippen molar-refractivity contribution in [2.24, 2.45) is 0 Å². The SMILES string of the molecule is C=C/C=C\C=C(/C)N(c1ccccc1)c1ccc(-c2ccc(-c3ccc(-c4ccc(-c5ccc(-c6ccc(CCOCCOCCOCC)s6)s5)s4)s3)s2)cc1. The Labute approximate surface area is 350 Å². The number of hydrogen-bond acceptors (Lipinski definition) is 9. The Bertz CT molecular complexity index is 2340. The van der Waals surface area contributed by atoms with E-state index in [2.05, 4.69) is 140 Å². The molecule has 0 unspecified atom stereocenters. The van der Waals surface area contributed by atoms with Crippen molar-refractivity contribution in [2.45, 2.75) is 20.3 Å². The molecule has 5 aromatic heterocycles. The van der Waals surface area contributed by atoms with Crippen molar-refractivity contribution in [2.75, 3.05) is 44.5 Å². The molecule has 56 heavy (non-hydrogen) atoms. The normalized spacial score (nSPS) is 11.9. The van der Waals surface area contributed by atoms with Crippen LogP contribution in [0, 0.1) is 0 Å². The van der Waals surface area contributed by atoms with E-state index in [0.717, 1.165) is 30.1 Å². The number of thiophene rings is 5. The summed E-state index contributed by atoms with van der Waals surface area (Å²) in [5.74, 6) is 0. The van der Waals surface area contributed by atoms with E-state index in [1.54, 1.807) is 6.08 Å². The van der Waals surface area contributed by atoms with Gasteiger partial charge in [-0.1, -0.05) is 55.1 Å². The molecule has 0 amide bonds. The molecular weight excluding hydrogens is 787 g/mol. The van der Waals surface area contributed by atoms with Gasteiger partial charge in [-0.05, 0) is 110 Å². The molecule has 0 aliphatic carbocycles. The molecule has 7 aromatic rings. The standard InChI is InChI=1S/C47H45NO3S5/c1-4-6-8-11-34(3)48(36-12-9-7-10-13-36)37-16-14-35(15-17-37)39-20-21-42(53-39)43-24-25-46(55-43)47-27-26-45(56-47)44-23-22-41(54-44)40-19-18-38(52-40)28-29-50-32-33-51-31-30-49-5-2/h4,6-27H,1,5,28-33H2,2-3H3/b8-6-,34-11+. The molecule has 0 fully saturated rings. The third kappa shape index (κ3) is 10.4. The molecule has 0 aliphatic rings. The fourth-order valence-corrected chi connectivity index (χ4v) is 11.5. The quantitative estimate of drug-likeness (QED) is 0.0565. The van der Waals surface area contributed by atoms with E-state index >= 15 is 0 Å². The first-order chi connectivity index (χ1) is 27.6. The maximum absolute atomic E-state index is 5.78. The molecule has 0 atom stereocenters. The maximum Gasteiger partial charge on any atom is 0.0701 e. The average Bonchev–Trinajstić information content (AvgIpc) is 4.08. The van der Waals surface area contributed by atoms with Crippen molar-refractivity contribution < 1.29 is 14.2 Å². The fraction of sp³-hybridized carbons (Fsp3) is 0.191. The fourth-order valence-electron chi connectivity index (χ4n) is 6.09. The molecule has 0 saturated heterocycles. The van der Waals surface area contributed by atoms with E-state index in [9.17, 15) is 0 Å². The zero-order valence-electron chi connectivity index (χ0n) is 31.6. The highest BCUT2D eigenvalue weighted by Crippen LogP contribution is 2.45. The van der Waals surface area contributed by atoms with E-state index in [4.69, 9.17) is 14.2 Å². The van der Waals surface area contributed by atoms with E-state index in [1.807, 2.05) is 75.8 Å². The molecule has 2 aromatic carbocycles. The molecule has 7 rings (SSSR count). The zero-order valence-corrected chi connectivity index (χ0v) is 35.7. The predicted octanol–water partition coefficient (Wildman–Crippen LogP) is 14.7. The average molecular weight is 832 g/mol. The second-order valence-corrected chi connectivity index (χ2v) is 18.2. The summed E-state index contributed by atoms with van der Waals surface area (Å²) in [6.45, 7) is 11.8. The number of nitrogens with zero attached hydrogens (tertiary/aromatic N) is 1. The summed E-state index contributed by atoms with van der Waals surface area (Å²) in [7, 11) is 0. The smallest absolute Gasteiger partial charge is 0.0701 e. The van der Waals surface area contributed by atoms with Crippen LogP contribution in [0.2, 0.25) is 0 Å². The Morgan fingerprint density at radius 2 is 0.982 bits per heavy atom. The number of hydrogen-bond donors (Lipinski definition) is 0. The van der Waals surface area contributed by atoms with Crippen LogP contribution in [-0.2, 0) is 20.6 Å². The summed E-state index contributed by atoms with van der Waals surface area (Å²) < 4.78 is 16.6. The summed E-state index contributed by atoms with van der Waals surface area (Å²) in [6.07, 6.45) is 8.80. The number of ether oxygens (including phenoxy) is 3. The second-order valence-electron chi connectivity index (χ2n) is 12.7. The topological polar surface area (TPSA) is 30.9 Å². The minimum absolute atomic E-state index is 0.605. The van der Waals surface area contributed by atoms with Gasteiger partial charge in [0, 0.05) is 78.9 Å². The van der Waals surface area contributed by atoms with Gasteiger partial charge in [0.1, 0.15) is 0 Å². The first kappa shape index (κ1) is 40.1. The Kier molecular flexibility index (Phi) is 14.5. The number of benzene rings is 2. The van der Waals surface area contributed by atoms with Gasteiger partial charge in [-0.25, -0.2) is 0 Å². The van der Waals surface area contributed by atoms with Gasteiger partial charge in [-0.3, -0.25) is 0 Å². The van der Waals surface area contributed by atoms with Crippen LogP contribution >= 0.6 is 56.7 Å². The lowest BCUT2D eigenvalue weighted by Gasteiger charge is -2.26. The van der Waals surface area contributed by atoms with Crippen LogP contribution in [0.15, 0.2) is 152 Å². The summed E-state index contributed by atoms with van der Waals surface area (Å²) >= 11 is 9.32. The summed E-state index contributed by atoms with van der Waals surface area (Å²) in [4.78, 5) is 15.4. The number of para-hydroxylation sites is 1. The Morgan fingerprint density at radius 1 is 0.518 bits per heavy atom. The lowest BCUT2D eigenvalue weighted by Crippen LogP contribution is -2.14. The zero-order chi connectivity index (χ0) is 38.5. The van der Waals surface area contributed by atoms with Crippen LogP contribution in [0.4, 0.5) is 11.4 Å². The molecule has 0 bridgehead atoms. The highest BCUT2D eigenvalue weighted by atomic mass is 32.1. The van der Waals surface area contributed by atoms with E-state index < -0.39 is 0 Å². The Balaban J connectivity index is 0.959. The summed E-state index contributed by atoms with van der Waals surface area (Å²) in [6, 6.07) is 42.0. The van der Waals surface area contributed by atoms with Gasteiger partial charge in [0.05, 0.1) is 33.0 Å². The van der Waals surface area contributed by atoms with Gasteiger partial charge < -0.3 is 19.1 Å². The van der Waals surface area contributed by atoms with Gasteiger partial charge in [0.2, 0.25) is 0 Å². The summed E-state index contributed by atoms with van der Waals surface area (Å²) in [5.41, 5.74) is 4.60. The molecule has 4 nitrogen and oxygen atoms in total. The monoisotopic (exact) mass is 831 g/mol. The van der Waals surface area contributed by atoms with Crippen molar-refractivity contribution >= 4 is 68.1 Å². The van der Waals surface area contributed by atoms with Crippen LogP contribution in [0.3, 0.4) is 0 Å². The van der Waals surface area contributed by atoms with Crippen molar-refractivity contribution in [3.63, 3.8) is 0 Å². The van der Waals surface area contributed by atoms with E-state index in [-0.39, 0.29) is 0 Å². The lowest BCUT2D eigenvalue weighted by molar-refractivity contribution is 0.0176. The van der Waals surface area contributed by atoms with Gasteiger partial charge in [-0.2, -0.15) is 0 Å². The first-order valence-corrected chi connectivity index (χ1v) is 22.8. The van der Waals surface area contributed by atoms with Crippen molar-refractivity contribution in [3.8, 4) is 49.5 Å². The van der Waals surface area contributed by atoms with Gasteiger partial charge in [0.25, 0.3) is 0 Å². The maximum atomic E-state index is 5.78. The molecule has 0 radical (unpaired) electrons. The van der Waals surface area contributed by atoms with Crippen molar-refractivity contribution in [3.05, 3.63) is 157 Å². The van der Waals surface area contributed by atoms with Gasteiger partial charge in [-0.15, -0.1) is 56.7 Å². The van der Waals surface area contributed by atoms with Crippen molar-refractivity contribution in [1.29, 1.82) is 0 Å². The minimum Gasteiger partial charge on any atom is -0.379 e. The third-order valence-corrected chi connectivity index (χ3v) is 15.2. The Hall–Kier alpha value is -4.16. The largest absolute Gasteiger partial charge is 0.379 e. The van der Waals surface area contributed by atoms with Crippen LogP contribution in [-0.4, -0.2) is 39.6 Å². The van der Waals surface area contributed by atoms with Gasteiger partial charge >= 0.3 is 0 Å². The lowest BCUT2D eigenvalue weighted by atomic mass is 10.1. The molecule has 0 aliphatic heterocycles. The molecule has 5 heterocycles. The number of allylic oxidation sites excluding steroid dienone is 5.